The van der Waals surface area contributed by atoms with Gasteiger partial charge in [0.05, 0.1) is 19.8 Å². The Kier molecular flexibility index (Phi) is 6.13. The number of hydrogen-bond acceptors (Lipinski definition) is 5. The van der Waals surface area contributed by atoms with Crippen molar-refractivity contribution in [2.24, 2.45) is 5.92 Å². The molecule has 1 unspecified atom stereocenters. The van der Waals surface area contributed by atoms with Crippen molar-refractivity contribution in [3.8, 4) is 16.9 Å². The SMILES string of the molecule is CC(COc1c2c(oc(=O)c1-c1ccccc1)CCCC2)CN1CCOCC1. The molecule has 0 amide bonds. The lowest BCUT2D eigenvalue weighted by molar-refractivity contribution is 0.0283. The van der Waals surface area contributed by atoms with Crippen molar-refractivity contribution < 1.29 is 13.9 Å². The van der Waals surface area contributed by atoms with Crippen molar-refractivity contribution in [1.82, 2.24) is 4.90 Å². The number of benzene rings is 1. The van der Waals surface area contributed by atoms with Gasteiger partial charge >= 0.3 is 5.63 Å². The smallest absolute Gasteiger partial charge is 0.347 e. The van der Waals surface area contributed by atoms with Gasteiger partial charge in [0.1, 0.15) is 17.1 Å². The summed E-state index contributed by atoms with van der Waals surface area (Å²) in [4.78, 5) is 15.2. The molecule has 1 saturated heterocycles. The predicted octanol–water partition coefficient (Wildman–Crippen LogP) is 3.53. The molecule has 2 aliphatic rings. The zero-order chi connectivity index (χ0) is 19.3. The lowest BCUT2D eigenvalue weighted by Gasteiger charge is -2.29. The maximum atomic E-state index is 12.8. The minimum atomic E-state index is -0.289. The molecule has 1 aromatic carbocycles. The van der Waals surface area contributed by atoms with Crippen LogP contribution >= 0.6 is 0 Å². The molecule has 1 aliphatic carbocycles. The van der Waals surface area contributed by atoms with Crippen molar-refractivity contribution in [3.63, 3.8) is 0 Å². The van der Waals surface area contributed by atoms with E-state index in [9.17, 15) is 4.79 Å². The Labute approximate surface area is 166 Å². The molecule has 0 radical (unpaired) electrons. The van der Waals surface area contributed by atoms with Gasteiger partial charge in [-0.15, -0.1) is 0 Å². The van der Waals surface area contributed by atoms with Crippen molar-refractivity contribution in [3.05, 3.63) is 52.1 Å². The van der Waals surface area contributed by atoms with Crippen LogP contribution in [-0.2, 0) is 17.6 Å². The summed E-state index contributed by atoms with van der Waals surface area (Å²) >= 11 is 0. The Hall–Kier alpha value is -2.11. The van der Waals surface area contributed by atoms with Gasteiger partial charge in [0.15, 0.2) is 0 Å². The minimum Gasteiger partial charge on any atom is -0.492 e. The molecule has 5 heteroatoms. The van der Waals surface area contributed by atoms with E-state index in [2.05, 4.69) is 11.8 Å². The first-order valence-corrected chi connectivity index (χ1v) is 10.4. The van der Waals surface area contributed by atoms with E-state index in [4.69, 9.17) is 13.9 Å². The molecule has 5 nitrogen and oxygen atoms in total. The average Bonchev–Trinajstić information content (AvgIpc) is 2.73. The molecule has 28 heavy (non-hydrogen) atoms. The second kappa shape index (κ2) is 8.93. The molecular formula is C23H29NO4. The van der Waals surface area contributed by atoms with Gasteiger partial charge < -0.3 is 13.9 Å². The van der Waals surface area contributed by atoms with Crippen LogP contribution in [0.1, 0.15) is 31.1 Å². The molecule has 2 heterocycles. The molecule has 0 N–H and O–H groups in total. The largest absolute Gasteiger partial charge is 0.492 e. The van der Waals surface area contributed by atoms with E-state index in [1.807, 2.05) is 30.3 Å². The minimum absolute atomic E-state index is 0.289. The maximum absolute atomic E-state index is 12.8. The summed E-state index contributed by atoms with van der Waals surface area (Å²) in [6.45, 7) is 7.34. The van der Waals surface area contributed by atoms with Crippen LogP contribution in [0.25, 0.3) is 11.1 Å². The monoisotopic (exact) mass is 383 g/mol. The van der Waals surface area contributed by atoms with Crippen LogP contribution in [0, 0.1) is 5.92 Å². The summed E-state index contributed by atoms with van der Waals surface area (Å²) in [6.07, 6.45) is 3.90. The van der Waals surface area contributed by atoms with Crippen molar-refractivity contribution >= 4 is 0 Å². The maximum Gasteiger partial charge on any atom is 0.347 e. The second-order valence-electron chi connectivity index (χ2n) is 7.90. The molecule has 1 atom stereocenters. The van der Waals surface area contributed by atoms with Crippen LogP contribution in [-0.4, -0.2) is 44.4 Å². The van der Waals surface area contributed by atoms with E-state index >= 15 is 0 Å². The third-order valence-electron chi connectivity index (χ3n) is 5.59. The van der Waals surface area contributed by atoms with Gasteiger partial charge in [0.2, 0.25) is 0 Å². The third-order valence-corrected chi connectivity index (χ3v) is 5.59. The van der Waals surface area contributed by atoms with Gasteiger partial charge in [-0.05, 0) is 24.8 Å². The van der Waals surface area contributed by atoms with E-state index in [1.54, 1.807) is 0 Å². The summed E-state index contributed by atoms with van der Waals surface area (Å²) in [5.41, 5.74) is 2.23. The first kappa shape index (κ1) is 19.2. The van der Waals surface area contributed by atoms with E-state index in [1.165, 1.54) is 0 Å². The fourth-order valence-electron chi connectivity index (χ4n) is 4.15. The molecular weight excluding hydrogens is 354 g/mol. The quantitative estimate of drug-likeness (QED) is 0.764. The van der Waals surface area contributed by atoms with Crippen molar-refractivity contribution in [2.45, 2.75) is 32.6 Å². The Morgan fingerprint density at radius 1 is 1.11 bits per heavy atom. The summed E-state index contributed by atoms with van der Waals surface area (Å²) < 4.78 is 17.5. The van der Waals surface area contributed by atoms with Gasteiger partial charge in [0, 0.05) is 37.5 Å². The standard InChI is InChI=1S/C23H29NO4/c1-17(15-24-11-13-26-14-12-24)16-27-22-19-9-5-6-10-20(19)28-23(25)21(22)18-7-3-2-4-8-18/h2-4,7-8,17H,5-6,9-16H2,1H3. The van der Waals surface area contributed by atoms with Crippen LogP contribution < -0.4 is 10.4 Å². The predicted molar refractivity (Wildman–Crippen MR) is 109 cm³/mol. The molecule has 1 aromatic heterocycles. The highest BCUT2D eigenvalue weighted by molar-refractivity contribution is 5.71. The van der Waals surface area contributed by atoms with E-state index in [-0.39, 0.29) is 5.63 Å². The number of hydrogen-bond donors (Lipinski definition) is 0. The van der Waals surface area contributed by atoms with Crippen LogP contribution in [0.3, 0.4) is 0 Å². The highest BCUT2D eigenvalue weighted by Crippen LogP contribution is 2.36. The summed E-state index contributed by atoms with van der Waals surface area (Å²) in [5, 5.41) is 0. The Morgan fingerprint density at radius 2 is 1.86 bits per heavy atom. The highest BCUT2D eigenvalue weighted by atomic mass is 16.5. The normalized spacial score (nSPS) is 18.5. The fourth-order valence-corrected chi connectivity index (χ4v) is 4.15. The van der Waals surface area contributed by atoms with Crippen molar-refractivity contribution in [1.29, 1.82) is 0 Å². The zero-order valence-electron chi connectivity index (χ0n) is 16.6. The number of rotatable bonds is 6. The van der Waals surface area contributed by atoms with E-state index in [0.29, 0.717) is 18.1 Å². The number of fused-ring (bicyclic) bond motifs is 1. The highest BCUT2D eigenvalue weighted by Gasteiger charge is 2.25. The first-order valence-electron chi connectivity index (χ1n) is 10.4. The topological polar surface area (TPSA) is 51.9 Å². The van der Waals surface area contributed by atoms with E-state index in [0.717, 1.165) is 81.2 Å². The summed E-state index contributed by atoms with van der Waals surface area (Å²) in [7, 11) is 0. The Morgan fingerprint density at radius 3 is 2.64 bits per heavy atom. The number of aryl methyl sites for hydroxylation is 1. The van der Waals surface area contributed by atoms with Crippen LogP contribution in [0.5, 0.6) is 5.75 Å². The molecule has 0 saturated carbocycles. The van der Waals surface area contributed by atoms with Gasteiger partial charge in [-0.25, -0.2) is 4.79 Å². The Balaban J connectivity index is 1.59. The molecule has 1 fully saturated rings. The van der Waals surface area contributed by atoms with Gasteiger partial charge in [-0.1, -0.05) is 37.3 Å². The Bertz CT molecular complexity index is 840. The summed E-state index contributed by atoms with van der Waals surface area (Å²) in [5.74, 6) is 1.92. The zero-order valence-corrected chi connectivity index (χ0v) is 16.6. The number of nitrogens with zero attached hydrogens (tertiary/aromatic N) is 1. The second-order valence-corrected chi connectivity index (χ2v) is 7.90. The molecule has 150 valence electrons. The lowest BCUT2D eigenvalue weighted by Crippen LogP contribution is -2.39. The lowest BCUT2D eigenvalue weighted by atomic mass is 9.93. The average molecular weight is 383 g/mol. The first-order chi connectivity index (χ1) is 13.7. The van der Waals surface area contributed by atoms with Crippen LogP contribution in [0.2, 0.25) is 0 Å². The van der Waals surface area contributed by atoms with Gasteiger partial charge in [0.25, 0.3) is 0 Å². The van der Waals surface area contributed by atoms with Gasteiger partial charge in [-0.3, -0.25) is 4.90 Å². The van der Waals surface area contributed by atoms with Crippen LogP contribution in [0.15, 0.2) is 39.5 Å². The summed E-state index contributed by atoms with van der Waals surface area (Å²) in [6, 6.07) is 9.74. The van der Waals surface area contributed by atoms with Crippen molar-refractivity contribution in [2.75, 3.05) is 39.5 Å². The third kappa shape index (κ3) is 4.31. The number of morpholine rings is 1. The molecule has 1 aliphatic heterocycles. The molecule has 2 aromatic rings. The van der Waals surface area contributed by atoms with Crippen LogP contribution in [0.4, 0.5) is 0 Å². The number of ether oxygens (including phenoxy) is 2. The van der Waals surface area contributed by atoms with E-state index < -0.39 is 0 Å². The molecule has 4 rings (SSSR count). The fraction of sp³-hybridized carbons (Fsp3) is 0.522. The molecule has 0 bridgehead atoms. The van der Waals surface area contributed by atoms with Gasteiger partial charge in [-0.2, -0.15) is 0 Å². The molecule has 0 spiro atoms.